The Labute approximate surface area is 108 Å². The number of nitrogens with zero attached hydrogens (tertiary/aromatic N) is 1. The van der Waals surface area contributed by atoms with Crippen molar-refractivity contribution in [1.29, 1.82) is 0 Å². The largest absolute Gasteiger partial charge is 0.308 e. The van der Waals surface area contributed by atoms with Gasteiger partial charge in [0.1, 0.15) is 0 Å². The number of rotatable bonds is 4. The van der Waals surface area contributed by atoms with Crippen LogP contribution >= 0.6 is 0 Å². The van der Waals surface area contributed by atoms with Crippen LogP contribution in [0.25, 0.3) is 0 Å². The molecule has 0 aromatic heterocycles. The van der Waals surface area contributed by atoms with Crippen molar-refractivity contribution in [3.8, 4) is 0 Å². The maximum Gasteiger partial charge on any atom is 0.230 e. The molecule has 94 valence electrons. The zero-order valence-corrected chi connectivity index (χ0v) is 11.1. The zero-order chi connectivity index (χ0) is 12.7. The highest BCUT2D eigenvalue weighted by Gasteiger charge is 2.35. The summed E-state index contributed by atoms with van der Waals surface area (Å²) in [7, 11) is 0. The smallest absolute Gasteiger partial charge is 0.230 e. The third-order valence-corrected chi connectivity index (χ3v) is 3.76. The second-order valence-corrected chi connectivity index (χ2v) is 5.51. The molecule has 0 N–H and O–H groups in total. The van der Waals surface area contributed by atoms with E-state index in [2.05, 4.69) is 38.1 Å². The Hall–Kier alpha value is -1.57. The highest BCUT2D eigenvalue weighted by Crippen LogP contribution is 2.36. The van der Waals surface area contributed by atoms with Gasteiger partial charge in [-0.1, -0.05) is 29.8 Å². The van der Waals surface area contributed by atoms with Crippen LogP contribution in [0.4, 0.5) is 5.69 Å². The minimum atomic E-state index is 0.281. The van der Waals surface area contributed by atoms with Crippen LogP contribution in [0.3, 0.4) is 0 Å². The van der Waals surface area contributed by atoms with E-state index in [1.165, 1.54) is 16.7 Å². The average molecular weight is 241 g/mol. The minimum absolute atomic E-state index is 0.281. The van der Waals surface area contributed by atoms with Crippen molar-refractivity contribution in [2.45, 2.75) is 33.1 Å². The van der Waals surface area contributed by atoms with E-state index in [1.54, 1.807) is 0 Å². The predicted molar refractivity (Wildman–Crippen MR) is 73.7 cm³/mol. The molecule has 0 unspecified atom stereocenters. The Bertz CT molecular complexity index is 506. The number of aryl methyl sites for hydroxylation is 2. The highest BCUT2D eigenvalue weighted by atomic mass is 16.2. The van der Waals surface area contributed by atoms with Crippen molar-refractivity contribution >= 4 is 11.6 Å². The molecule has 0 radical (unpaired) electrons. The first kappa shape index (κ1) is 11.5. The summed E-state index contributed by atoms with van der Waals surface area (Å²) >= 11 is 0. The monoisotopic (exact) mass is 241 g/mol. The van der Waals surface area contributed by atoms with Gasteiger partial charge in [-0.15, -0.1) is 0 Å². The average Bonchev–Trinajstić information content (AvgIpc) is 3.19. The fourth-order valence-corrected chi connectivity index (χ4v) is 2.45. The van der Waals surface area contributed by atoms with E-state index in [1.807, 2.05) is 4.90 Å². The van der Waals surface area contributed by atoms with Gasteiger partial charge >= 0.3 is 0 Å². The number of amides is 1. The van der Waals surface area contributed by atoms with Crippen molar-refractivity contribution in [2.75, 3.05) is 11.4 Å². The molecular formula is C16H19NO. The third-order valence-electron chi connectivity index (χ3n) is 3.76. The Morgan fingerprint density at radius 1 is 1.28 bits per heavy atom. The summed E-state index contributed by atoms with van der Waals surface area (Å²) in [6.45, 7) is 4.98. The molecule has 1 amide bonds. The summed E-state index contributed by atoms with van der Waals surface area (Å²) in [6, 6.07) is 6.25. The van der Waals surface area contributed by atoms with Gasteiger partial charge in [-0.25, -0.2) is 0 Å². The molecule has 2 heteroatoms. The molecule has 3 rings (SSSR count). The fraction of sp³-hybridized carbons (Fsp3) is 0.438. The molecule has 0 bridgehead atoms. The summed E-state index contributed by atoms with van der Waals surface area (Å²) < 4.78 is 0. The molecule has 0 atom stereocenters. The number of hydrogen-bond donors (Lipinski definition) is 0. The lowest BCUT2D eigenvalue weighted by atomic mass is 10.1. The fourth-order valence-electron chi connectivity index (χ4n) is 2.45. The lowest BCUT2D eigenvalue weighted by molar-refractivity contribution is -0.119. The number of benzene rings is 1. The van der Waals surface area contributed by atoms with Crippen LogP contribution in [-0.4, -0.2) is 12.5 Å². The maximum absolute atomic E-state index is 12.5. The molecule has 2 aliphatic carbocycles. The van der Waals surface area contributed by atoms with Crippen LogP contribution in [0.15, 0.2) is 29.8 Å². The third kappa shape index (κ3) is 2.20. The second-order valence-electron chi connectivity index (χ2n) is 5.51. The summed E-state index contributed by atoms with van der Waals surface area (Å²) in [5, 5.41) is 0. The molecule has 2 aliphatic rings. The van der Waals surface area contributed by atoms with Crippen molar-refractivity contribution in [1.82, 2.24) is 0 Å². The molecule has 1 aromatic carbocycles. The SMILES string of the molecule is Cc1cccc(C)c1N(CC1=CC1)C(=O)C1CC1. The van der Waals surface area contributed by atoms with Crippen LogP contribution in [0, 0.1) is 19.8 Å². The molecule has 18 heavy (non-hydrogen) atoms. The first-order valence-electron chi connectivity index (χ1n) is 6.72. The first-order chi connectivity index (χ1) is 8.66. The number of allylic oxidation sites excluding steroid dienone is 1. The van der Waals surface area contributed by atoms with Crippen LogP contribution in [0.5, 0.6) is 0 Å². The highest BCUT2D eigenvalue weighted by molar-refractivity contribution is 5.98. The van der Waals surface area contributed by atoms with Gasteiger partial charge in [-0.05, 0) is 44.2 Å². The van der Waals surface area contributed by atoms with Crippen LogP contribution in [0.1, 0.15) is 30.4 Å². The summed E-state index contributed by atoms with van der Waals surface area (Å²) in [5.41, 5.74) is 4.92. The standard InChI is InChI=1S/C16H19NO/c1-11-4-3-5-12(2)15(11)17(10-13-6-7-13)16(18)14-8-9-14/h3-6,14H,7-10H2,1-2H3. The summed E-state index contributed by atoms with van der Waals surface area (Å²) in [6.07, 6.45) is 5.43. The van der Waals surface area contributed by atoms with Crippen molar-refractivity contribution in [2.24, 2.45) is 5.92 Å². The van der Waals surface area contributed by atoms with E-state index >= 15 is 0 Å². The molecule has 0 heterocycles. The lowest BCUT2D eigenvalue weighted by Crippen LogP contribution is -2.34. The topological polar surface area (TPSA) is 20.3 Å². The van der Waals surface area contributed by atoms with Gasteiger partial charge in [-0.2, -0.15) is 0 Å². The molecule has 1 saturated carbocycles. The van der Waals surface area contributed by atoms with E-state index in [0.717, 1.165) is 31.5 Å². The molecule has 0 aliphatic heterocycles. The molecule has 0 spiro atoms. The Balaban J connectivity index is 1.95. The quantitative estimate of drug-likeness (QED) is 0.740. The number of hydrogen-bond acceptors (Lipinski definition) is 1. The zero-order valence-electron chi connectivity index (χ0n) is 11.1. The van der Waals surface area contributed by atoms with Gasteiger partial charge in [0.2, 0.25) is 5.91 Å². The summed E-state index contributed by atoms with van der Waals surface area (Å²) in [4.78, 5) is 14.5. The van der Waals surface area contributed by atoms with Crippen molar-refractivity contribution in [3.05, 3.63) is 41.0 Å². The van der Waals surface area contributed by atoms with Crippen LogP contribution < -0.4 is 4.90 Å². The molecule has 1 fully saturated rings. The van der Waals surface area contributed by atoms with Gasteiger partial charge in [-0.3, -0.25) is 4.79 Å². The summed E-state index contributed by atoms with van der Waals surface area (Å²) in [5.74, 6) is 0.601. The number of carbonyl (C=O) groups is 1. The van der Waals surface area contributed by atoms with E-state index in [0.29, 0.717) is 5.91 Å². The van der Waals surface area contributed by atoms with Crippen molar-refractivity contribution < 1.29 is 4.79 Å². The Morgan fingerprint density at radius 2 is 1.89 bits per heavy atom. The van der Waals surface area contributed by atoms with Crippen LogP contribution in [0.2, 0.25) is 0 Å². The maximum atomic E-state index is 12.5. The lowest BCUT2D eigenvalue weighted by Gasteiger charge is -2.25. The molecule has 2 nitrogen and oxygen atoms in total. The van der Waals surface area contributed by atoms with E-state index < -0.39 is 0 Å². The van der Waals surface area contributed by atoms with Gasteiger partial charge < -0.3 is 4.90 Å². The van der Waals surface area contributed by atoms with Gasteiger partial charge in [0.15, 0.2) is 0 Å². The number of para-hydroxylation sites is 1. The molecule has 0 saturated heterocycles. The predicted octanol–water partition coefficient (Wildman–Crippen LogP) is 3.38. The van der Waals surface area contributed by atoms with Crippen LogP contribution in [-0.2, 0) is 4.79 Å². The molecular weight excluding hydrogens is 222 g/mol. The number of anilines is 1. The first-order valence-corrected chi connectivity index (χ1v) is 6.72. The Morgan fingerprint density at radius 3 is 2.39 bits per heavy atom. The van der Waals surface area contributed by atoms with E-state index in [-0.39, 0.29) is 5.92 Å². The normalized spacial score (nSPS) is 17.3. The minimum Gasteiger partial charge on any atom is -0.308 e. The van der Waals surface area contributed by atoms with Gasteiger partial charge in [0.25, 0.3) is 0 Å². The van der Waals surface area contributed by atoms with Crippen molar-refractivity contribution in [3.63, 3.8) is 0 Å². The van der Waals surface area contributed by atoms with Gasteiger partial charge in [0.05, 0.1) is 0 Å². The number of carbonyl (C=O) groups excluding carboxylic acids is 1. The van der Waals surface area contributed by atoms with E-state index in [9.17, 15) is 4.79 Å². The second kappa shape index (κ2) is 4.27. The Kier molecular flexibility index (Phi) is 2.73. The van der Waals surface area contributed by atoms with Gasteiger partial charge in [0, 0.05) is 18.2 Å². The molecule has 1 aromatic rings. The van der Waals surface area contributed by atoms with E-state index in [4.69, 9.17) is 0 Å².